The summed E-state index contributed by atoms with van der Waals surface area (Å²) in [5.41, 5.74) is 2.92. The van der Waals surface area contributed by atoms with Crippen LogP contribution < -0.4 is 4.65 Å². The van der Waals surface area contributed by atoms with Gasteiger partial charge in [0.05, 0.1) is 23.0 Å². The van der Waals surface area contributed by atoms with Gasteiger partial charge in [-0.2, -0.15) is 4.98 Å². The van der Waals surface area contributed by atoms with Crippen LogP contribution in [0.3, 0.4) is 0 Å². The van der Waals surface area contributed by atoms with E-state index in [0.717, 1.165) is 28.6 Å². The average molecular weight is 416 g/mol. The molecule has 0 amide bonds. The molecule has 29 heavy (non-hydrogen) atoms. The number of likely N-dealkylation sites (N-methyl/N-ethyl adjacent to an activating group) is 1. The predicted octanol–water partition coefficient (Wildman–Crippen LogP) is 4.30. The van der Waals surface area contributed by atoms with E-state index in [-0.39, 0.29) is 12.4 Å². The predicted molar refractivity (Wildman–Crippen MR) is 114 cm³/mol. The van der Waals surface area contributed by atoms with Crippen molar-refractivity contribution >= 4 is 32.7 Å². The maximum absolute atomic E-state index is 13.9. The second kappa shape index (κ2) is 7.87. The van der Waals surface area contributed by atoms with Gasteiger partial charge in [0.2, 0.25) is 5.76 Å². The number of thiazole rings is 1. The zero-order valence-corrected chi connectivity index (χ0v) is 17.7. The van der Waals surface area contributed by atoms with E-state index in [2.05, 4.69) is 18.0 Å². The number of rotatable bonds is 6. The summed E-state index contributed by atoms with van der Waals surface area (Å²) in [6, 6.07) is 7.72. The molecule has 4 rings (SSSR count). The van der Waals surface area contributed by atoms with Crippen LogP contribution in [-0.4, -0.2) is 41.8 Å². The van der Waals surface area contributed by atoms with Gasteiger partial charge in [-0.25, -0.2) is 9.69 Å². The quantitative estimate of drug-likeness (QED) is 0.339. The molecule has 1 saturated heterocycles. The van der Waals surface area contributed by atoms with Crippen molar-refractivity contribution < 1.29 is 13.9 Å². The Kier molecular flexibility index (Phi) is 5.44. The molecule has 8 heteroatoms. The minimum Gasteiger partial charge on any atom is -0.622 e. The van der Waals surface area contributed by atoms with Crippen LogP contribution >= 0.6 is 11.3 Å². The lowest BCUT2D eigenvalue weighted by atomic mass is 10.2. The largest absolute Gasteiger partial charge is 0.622 e. The number of nitrogens with zero attached hydrogens (tertiary/aromatic N) is 3. The van der Waals surface area contributed by atoms with Gasteiger partial charge in [-0.3, -0.25) is 4.65 Å². The first-order valence-electron chi connectivity index (χ1n) is 9.96. The standard InChI is InChI=1S/C21H25N3O4S/c1-4-14-7-8-16-18(10-14)29-21(22-16)24(26)13-23(6-3)11-19(24)28-20(25)17-9-15(5-2)12-27-17/h7-10,12,19H,4-6,11,13H2,1-3H3. The summed E-state index contributed by atoms with van der Waals surface area (Å²) < 4.78 is 11.2. The number of fused-ring (bicyclic) bond motifs is 1. The highest BCUT2D eigenvalue weighted by Crippen LogP contribution is 2.38. The van der Waals surface area contributed by atoms with Crippen molar-refractivity contribution in [3.05, 3.63) is 52.6 Å². The maximum Gasteiger partial charge on any atom is 0.378 e. The van der Waals surface area contributed by atoms with Gasteiger partial charge in [0, 0.05) is 6.54 Å². The van der Waals surface area contributed by atoms with Gasteiger partial charge in [-0.05, 0) is 42.2 Å². The summed E-state index contributed by atoms with van der Waals surface area (Å²) in [4.78, 5) is 19.2. The molecule has 1 aliphatic rings. The molecule has 154 valence electrons. The van der Waals surface area contributed by atoms with Crippen LogP contribution in [-0.2, 0) is 17.6 Å². The van der Waals surface area contributed by atoms with Crippen LogP contribution in [0.4, 0.5) is 5.13 Å². The topological polar surface area (TPSA) is 78.6 Å². The van der Waals surface area contributed by atoms with Gasteiger partial charge in [0.1, 0.15) is 6.67 Å². The molecule has 3 aromatic rings. The van der Waals surface area contributed by atoms with Crippen LogP contribution in [0.15, 0.2) is 34.9 Å². The molecule has 2 atom stereocenters. The number of carbonyl (C=O) groups excluding carboxylic acids is 1. The zero-order valence-electron chi connectivity index (χ0n) is 16.9. The van der Waals surface area contributed by atoms with Crippen LogP contribution in [0.5, 0.6) is 0 Å². The molecule has 0 spiro atoms. The average Bonchev–Trinajstić information content (AvgIpc) is 3.44. The second-order valence-electron chi connectivity index (χ2n) is 7.29. The fourth-order valence-electron chi connectivity index (χ4n) is 3.52. The van der Waals surface area contributed by atoms with E-state index < -0.39 is 16.8 Å². The summed E-state index contributed by atoms with van der Waals surface area (Å²) in [6.07, 6.45) is 2.34. The van der Waals surface area contributed by atoms with Crippen molar-refractivity contribution in [2.45, 2.75) is 39.8 Å². The molecule has 7 nitrogen and oxygen atoms in total. The lowest BCUT2D eigenvalue weighted by molar-refractivity contribution is 0.00253. The van der Waals surface area contributed by atoms with Gasteiger partial charge >= 0.3 is 5.97 Å². The SMILES string of the molecule is CCc1coc(C(=O)OC2CN(CC)C[N+]2([O-])c2nc3ccc(CC)cc3s2)c1. The van der Waals surface area contributed by atoms with Gasteiger partial charge in [-0.15, -0.1) is 0 Å². The molecular weight excluding hydrogens is 390 g/mol. The smallest absolute Gasteiger partial charge is 0.378 e. The van der Waals surface area contributed by atoms with E-state index in [0.29, 0.717) is 18.2 Å². The molecule has 1 aliphatic heterocycles. The van der Waals surface area contributed by atoms with Crippen molar-refractivity contribution in [1.29, 1.82) is 0 Å². The Hall–Kier alpha value is -2.26. The Morgan fingerprint density at radius 3 is 2.79 bits per heavy atom. The highest BCUT2D eigenvalue weighted by molar-refractivity contribution is 7.22. The number of hydrogen-bond acceptors (Lipinski definition) is 7. The van der Waals surface area contributed by atoms with E-state index in [9.17, 15) is 10.0 Å². The lowest BCUT2D eigenvalue weighted by Gasteiger charge is -2.38. The second-order valence-corrected chi connectivity index (χ2v) is 8.30. The number of esters is 1. The number of aromatic nitrogens is 1. The molecule has 0 N–H and O–H groups in total. The number of ether oxygens (including phenoxy) is 1. The summed E-state index contributed by atoms with van der Waals surface area (Å²) in [5, 5.41) is 14.3. The van der Waals surface area contributed by atoms with Gasteiger partial charge < -0.3 is 14.4 Å². The van der Waals surface area contributed by atoms with Crippen LogP contribution in [0.25, 0.3) is 10.2 Å². The maximum atomic E-state index is 13.9. The fourth-order valence-corrected chi connectivity index (χ4v) is 4.62. The van der Waals surface area contributed by atoms with E-state index in [4.69, 9.17) is 9.15 Å². The number of aryl methyl sites for hydroxylation is 2. The number of hydrogen-bond donors (Lipinski definition) is 0. The van der Waals surface area contributed by atoms with Crippen molar-refractivity contribution in [1.82, 2.24) is 14.5 Å². The van der Waals surface area contributed by atoms with E-state index in [1.807, 2.05) is 30.9 Å². The van der Waals surface area contributed by atoms with Crippen LogP contribution in [0, 0.1) is 5.21 Å². The van der Waals surface area contributed by atoms with E-state index in [1.165, 1.54) is 16.9 Å². The third kappa shape index (κ3) is 3.69. The number of carbonyl (C=O) groups is 1. The number of furan rings is 1. The summed E-state index contributed by atoms with van der Waals surface area (Å²) >= 11 is 1.38. The van der Waals surface area contributed by atoms with E-state index >= 15 is 0 Å². The minimum atomic E-state index is -0.885. The Morgan fingerprint density at radius 1 is 1.31 bits per heavy atom. The summed E-state index contributed by atoms with van der Waals surface area (Å²) in [6.45, 7) is 7.32. The molecule has 2 aromatic heterocycles. The monoisotopic (exact) mass is 415 g/mol. The van der Waals surface area contributed by atoms with E-state index in [1.54, 1.807) is 12.3 Å². The zero-order chi connectivity index (χ0) is 20.6. The number of benzene rings is 1. The molecule has 0 aliphatic carbocycles. The van der Waals surface area contributed by atoms with Crippen LogP contribution in [0.2, 0.25) is 0 Å². The van der Waals surface area contributed by atoms with Gasteiger partial charge in [0.25, 0.3) is 11.4 Å². The van der Waals surface area contributed by atoms with Gasteiger partial charge in [0.15, 0.2) is 0 Å². The number of hydroxylamine groups is 2. The third-order valence-electron chi connectivity index (χ3n) is 5.42. The minimum absolute atomic E-state index is 0.125. The Morgan fingerprint density at radius 2 is 2.10 bits per heavy atom. The lowest BCUT2D eigenvalue weighted by Crippen LogP contribution is -2.50. The highest BCUT2D eigenvalue weighted by Gasteiger charge is 2.46. The van der Waals surface area contributed by atoms with Crippen molar-refractivity contribution in [3.8, 4) is 0 Å². The van der Waals surface area contributed by atoms with Crippen molar-refractivity contribution in [2.75, 3.05) is 19.8 Å². The molecule has 0 bridgehead atoms. The highest BCUT2D eigenvalue weighted by atomic mass is 32.1. The fraction of sp³-hybridized carbons (Fsp3) is 0.429. The normalized spacial score (nSPS) is 22.4. The summed E-state index contributed by atoms with van der Waals surface area (Å²) in [5.74, 6) is -0.486. The van der Waals surface area contributed by atoms with Gasteiger partial charge in [-0.1, -0.05) is 38.2 Å². The first-order valence-corrected chi connectivity index (χ1v) is 10.8. The number of quaternary nitrogens is 1. The molecule has 1 aromatic carbocycles. The molecule has 1 fully saturated rings. The first-order chi connectivity index (χ1) is 14.0. The van der Waals surface area contributed by atoms with Crippen molar-refractivity contribution in [3.63, 3.8) is 0 Å². The van der Waals surface area contributed by atoms with Crippen molar-refractivity contribution in [2.24, 2.45) is 0 Å². The Bertz CT molecular complexity index is 1030. The Labute approximate surface area is 173 Å². The summed E-state index contributed by atoms with van der Waals surface area (Å²) in [7, 11) is 0. The molecule has 3 heterocycles. The molecule has 2 unspecified atom stereocenters. The molecule has 0 radical (unpaired) electrons. The van der Waals surface area contributed by atoms with Crippen LogP contribution in [0.1, 0.15) is 42.5 Å². The first kappa shape index (κ1) is 20.0. The molecular formula is C21H25N3O4S. The Balaban J connectivity index is 1.64. The third-order valence-corrected chi connectivity index (χ3v) is 6.55. The molecule has 0 saturated carbocycles.